The Morgan fingerprint density at radius 2 is 1.56 bits per heavy atom. The van der Waals surface area contributed by atoms with E-state index in [1.807, 2.05) is 0 Å². The molecule has 4 N–H and O–H groups in total. The highest BCUT2D eigenvalue weighted by molar-refractivity contribution is 5.25. The fourth-order valence-electron chi connectivity index (χ4n) is 2.43. The Morgan fingerprint density at radius 3 is 1.94 bits per heavy atom. The van der Waals surface area contributed by atoms with Crippen molar-refractivity contribution in [1.29, 1.82) is 0 Å². The molecule has 0 aliphatic carbocycles. The third kappa shape index (κ3) is 4.11. The van der Waals surface area contributed by atoms with Gasteiger partial charge in [-0.3, -0.25) is 0 Å². The summed E-state index contributed by atoms with van der Waals surface area (Å²) in [6.07, 6.45) is 1.13. The maximum Gasteiger partial charge on any atom is 0.0338 e. The molecule has 1 rings (SSSR count). The smallest absolute Gasteiger partial charge is 0.0338 e. The first kappa shape index (κ1) is 15.2. The second-order valence-electron chi connectivity index (χ2n) is 6.01. The highest BCUT2D eigenvalue weighted by Crippen LogP contribution is 2.25. The van der Waals surface area contributed by atoms with Crippen LogP contribution in [0.15, 0.2) is 24.3 Å². The molecule has 0 radical (unpaired) electrons. The van der Waals surface area contributed by atoms with E-state index >= 15 is 0 Å². The highest BCUT2D eigenvalue weighted by atomic mass is 14.7. The summed E-state index contributed by atoms with van der Waals surface area (Å²) in [5.74, 6) is 1.55. The van der Waals surface area contributed by atoms with Crippen molar-refractivity contribution in [3.8, 4) is 0 Å². The number of hydrogen-bond donors (Lipinski definition) is 2. The average Bonchev–Trinajstić information content (AvgIpc) is 2.29. The van der Waals surface area contributed by atoms with Gasteiger partial charge in [0.2, 0.25) is 0 Å². The Bertz CT molecular complexity index is 341. The summed E-state index contributed by atoms with van der Waals surface area (Å²) < 4.78 is 0. The van der Waals surface area contributed by atoms with Crippen LogP contribution in [0.4, 0.5) is 0 Å². The molecule has 0 bridgehead atoms. The fourth-order valence-corrected chi connectivity index (χ4v) is 2.43. The van der Waals surface area contributed by atoms with Crippen LogP contribution in [-0.2, 0) is 6.42 Å². The molecule has 102 valence electrons. The van der Waals surface area contributed by atoms with Crippen LogP contribution in [0, 0.1) is 17.8 Å². The van der Waals surface area contributed by atoms with Crippen molar-refractivity contribution in [2.45, 2.75) is 40.2 Å². The molecule has 18 heavy (non-hydrogen) atoms. The standard InChI is InChI=1S/C16H28N2/c1-11(2)9-13-5-7-14(8-6-13)16(18)15(10-17)12(3)4/h5-8,11-12,15-16H,9-10,17-18H2,1-4H3. The van der Waals surface area contributed by atoms with Crippen molar-refractivity contribution in [3.63, 3.8) is 0 Å². The minimum absolute atomic E-state index is 0.0445. The zero-order valence-corrected chi connectivity index (χ0v) is 12.2. The van der Waals surface area contributed by atoms with Gasteiger partial charge in [0.05, 0.1) is 0 Å². The van der Waals surface area contributed by atoms with Crippen LogP contribution in [0.5, 0.6) is 0 Å². The van der Waals surface area contributed by atoms with Crippen LogP contribution in [0.3, 0.4) is 0 Å². The lowest BCUT2D eigenvalue weighted by atomic mass is 9.85. The van der Waals surface area contributed by atoms with E-state index in [4.69, 9.17) is 11.5 Å². The lowest BCUT2D eigenvalue weighted by Crippen LogP contribution is -2.31. The van der Waals surface area contributed by atoms with Crippen molar-refractivity contribution in [2.24, 2.45) is 29.2 Å². The van der Waals surface area contributed by atoms with Gasteiger partial charge in [0, 0.05) is 6.04 Å². The van der Waals surface area contributed by atoms with Gasteiger partial charge in [-0.05, 0) is 41.8 Å². The van der Waals surface area contributed by atoms with E-state index in [1.54, 1.807) is 0 Å². The van der Waals surface area contributed by atoms with Crippen LogP contribution in [0.1, 0.15) is 44.9 Å². The third-order valence-electron chi connectivity index (χ3n) is 3.60. The van der Waals surface area contributed by atoms with Crippen LogP contribution in [0.25, 0.3) is 0 Å². The molecular weight excluding hydrogens is 220 g/mol. The molecule has 0 fully saturated rings. The lowest BCUT2D eigenvalue weighted by Gasteiger charge is -2.26. The number of hydrogen-bond acceptors (Lipinski definition) is 2. The summed E-state index contributed by atoms with van der Waals surface area (Å²) in [6, 6.07) is 8.76. The van der Waals surface area contributed by atoms with E-state index in [0.29, 0.717) is 24.3 Å². The highest BCUT2D eigenvalue weighted by Gasteiger charge is 2.21. The summed E-state index contributed by atoms with van der Waals surface area (Å²) >= 11 is 0. The zero-order valence-electron chi connectivity index (χ0n) is 12.2. The fraction of sp³-hybridized carbons (Fsp3) is 0.625. The molecule has 0 spiro atoms. The Labute approximate surface area is 112 Å². The van der Waals surface area contributed by atoms with E-state index in [-0.39, 0.29) is 6.04 Å². The van der Waals surface area contributed by atoms with Gasteiger partial charge in [-0.2, -0.15) is 0 Å². The number of nitrogens with two attached hydrogens (primary N) is 2. The van der Waals surface area contributed by atoms with Gasteiger partial charge in [0.1, 0.15) is 0 Å². The van der Waals surface area contributed by atoms with Gasteiger partial charge in [-0.1, -0.05) is 52.0 Å². The molecule has 0 amide bonds. The number of benzene rings is 1. The maximum absolute atomic E-state index is 6.32. The van der Waals surface area contributed by atoms with Gasteiger partial charge in [-0.25, -0.2) is 0 Å². The van der Waals surface area contributed by atoms with Gasteiger partial charge in [0.25, 0.3) is 0 Å². The largest absolute Gasteiger partial charge is 0.330 e. The summed E-state index contributed by atoms with van der Waals surface area (Å²) in [6.45, 7) is 9.49. The van der Waals surface area contributed by atoms with Gasteiger partial charge < -0.3 is 11.5 Å². The van der Waals surface area contributed by atoms with Crippen molar-refractivity contribution in [2.75, 3.05) is 6.54 Å². The van der Waals surface area contributed by atoms with Crippen LogP contribution >= 0.6 is 0 Å². The summed E-state index contributed by atoms with van der Waals surface area (Å²) in [5.41, 5.74) is 14.7. The predicted octanol–water partition coefficient (Wildman–Crippen LogP) is 3.12. The first-order chi connectivity index (χ1) is 8.45. The molecule has 0 aromatic heterocycles. The number of rotatable bonds is 6. The van der Waals surface area contributed by atoms with E-state index in [2.05, 4.69) is 52.0 Å². The molecule has 2 atom stereocenters. The van der Waals surface area contributed by atoms with Crippen LogP contribution in [-0.4, -0.2) is 6.54 Å². The molecule has 0 aliphatic heterocycles. The minimum atomic E-state index is 0.0445. The zero-order chi connectivity index (χ0) is 13.7. The quantitative estimate of drug-likeness (QED) is 0.812. The van der Waals surface area contributed by atoms with E-state index < -0.39 is 0 Å². The SMILES string of the molecule is CC(C)Cc1ccc(C(N)C(CN)C(C)C)cc1. The monoisotopic (exact) mass is 248 g/mol. The van der Waals surface area contributed by atoms with Crippen molar-refractivity contribution < 1.29 is 0 Å². The van der Waals surface area contributed by atoms with Crippen molar-refractivity contribution in [1.82, 2.24) is 0 Å². The second-order valence-corrected chi connectivity index (χ2v) is 6.01. The summed E-state index contributed by atoms with van der Waals surface area (Å²) in [5, 5.41) is 0. The molecular formula is C16H28N2. The molecule has 2 unspecified atom stereocenters. The molecule has 1 aromatic rings. The average molecular weight is 248 g/mol. The molecule has 2 nitrogen and oxygen atoms in total. The summed E-state index contributed by atoms with van der Waals surface area (Å²) in [7, 11) is 0. The maximum atomic E-state index is 6.32. The lowest BCUT2D eigenvalue weighted by molar-refractivity contribution is 0.331. The van der Waals surface area contributed by atoms with Crippen LogP contribution in [0.2, 0.25) is 0 Å². The van der Waals surface area contributed by atoms with Gasteiger partial charge in [-0.15, -0.1) is 0 Å². The van der Waals surface area contributed by atoms with Crippen LogP contribution < -0.4 is 11.5 Å². The molecule has 0 saturated heterocycles. The van der Waals surface area contributed by atoms with Gasteiger partial charge in [0.15, 0.2) is 0 Å². The minimum Gasteiger partial charge on any atom is -0.330 e. The Balaban J connectivity index is 2.77. The molecule has 1 aromatic carbocycles. The van der Waals surface area contributed by atoms with Crippen molar-refractivity contribution >= 4 is 0 Å². The molecule has 0 aliphatic rings. The summed E-state index contributed by atoms with van der Waals surface area (Å²) in [4.78, 5) is 0. The molecule has 0 saturated carbocycles. The molecule has 0 heterocycles. The normalized spacial score (nSPS) is 15.1. The first-order valence-corrected chi connectivity index (χ1v) is 7.00. The van der Waals surface area contributed by atoms with Gasteiger partial charge >= 0.3 is 0 Å². The Kier molecular flexibility index (Phi) is 5.83. The Morgan fingerprint density at radius 1 is 1.00 bits per heavy atom. The predicted molar refractivity (Wildman–Crippen MR) is 79.3 cm³/mol. The topological polar surface area (TPSA) is 52.0 Å². The first-order valence-electron chi connectivity index (χ1n) is 7.00. The third-order valence-corrected chi connectivity index (χ3v) is 3.60. The van der Waals surface area contributed by atoms with E-state index in [9.17, 15) is 0 Å². The van der Waals surface area contributed by atoms with E-state index in [0.717, 1.165) is 6.42 Å². The molecule has 2 heteroatoms. The van der Waals surface area contributed by atoms with E-state index in [1.165, 1.54) is 11.1 Å². The van der Waals surface area contributed by atoms with Crippen molar-refractivity contribution in [3.05, 3.63) is 35.4 Å². The second kappa shape index (κ2) is 6.91. The Hall–Kier alpha value is -0.860.